The molecule has 4 N–H and O–H groups in total. The van der Waals surface area contributed by atoms with Gasteiger partial charge in [0.05, 0.1) is 30.5 Å². The summed E-state index contributed by atoms with van der Waals surface area (Å²) in [5.74, 6) is 1.35. The highest BCUT2D eigenvalue weighted by Crippen LogP contribution is 2.56. The van der Waals surface area contributed by atoms with Gasteiger partial charge in [-0.15, -0.1) is 0 Å². The number of benzene rings is 4. The SMILES string of the molecule is C=CC(=O)NC(C)(C)C.CC(C)(C)N1CC1.CC(C)(C)OS(C)(=O)=O.CC(CO)COc1ccc(C2(c3ccc(OCC(O)CO)cc3)c3ccccc3-c3ccccc32)cc1. The van der Waals surface area contributed by atoms with E-state index in [2.05, 4.69) is 115 Å². The summed E-state index contributed by atoms with van der Waals surface area (Å²) in [7, 11) is -3.28. The molecule has 0 aromatic heterocycles. The van der Waals surface area contributed by atoms with Gasteiger partial charge in [-0.3, -0.25) is 13.9 Å². The van der Waals surface area contributed by atoms with Crippen LogP contribution in [0.2, 0.25) is 0 Å². The molecule has 0 bridgehead atoms. The Labute approximate surface area is 370 Å². The van der Waals surface area contributed by atoms with E-state index in [1.54, 1.807) is 20.8 Å². The highest BCUT2D eigenvalue weighted by atomic mass is 32.2. The van der Waals surface area contributed by atoms with Crippen molar-refractivity contribution in [2.75, 3.05) is 45.8 Å². The van der Waals surface area contributed by atoms with E-state index in [0.717, 1.165) is 23.1 Å². The Morgan fingerprint density at radius 3 is 1.48 bits per heavy atom. The van der Waals surface area contributed by atoms with Crippen LogP contribution in [0.4, 0.5) is 0 Å². The highest BCUT2D eigenvalue weighted by Gasteiger charge is 2.45. The summed E-state index contributed by atoms with van der Waals surface area (Å²) >= 11 is 0. The van der Waals surface area contributed by atoms with Gasteiger partial charge in [-0.05, 0) is 126 Å². The number of hydrogen-bond acceptors (Lipinski definition) is 10. The fourth-order valence-electron chi connectivity index (χ4n) is 6.76. The molecule has 1 aliphatic carbocycles. The van der Waals surface area contributed by atoms with Gasteiger partial charge < -0.3 is 30.1 Å². The van der Waals surface area contributed by atoms with Gasteiger partial charge in [-0.2, -0.15) is 8.42 Å². The van der Waals surface area contributed by atoms with Gasteiger partial charge in [0.2, 0.25) is 5.91 Å². The summed E-state index contributed by atoms with van der Waals surface area (Å²) in [4.78, 5) is 13.0. The number of carbonyl (C=O) groups excluding carboxylic acids is 1. The molecule has 12 heteroatoms. The Bertz CT molecular complexity index is 2020. The second-order valence-electron chi connectivity index (χ2n) is 18.6. The molecule has 2 aliphatic rings. The number of ether oxygens (including phenoxy) is 2. The molecule has 1 aliphatic heterocycles. The van der Waals surface area contributed by atoms with Crippen molar-refractivity contribution >= 4 is 16.0 Å². The van der Waals surface area contributed by atoms with E-state index < -0.39 is 27.2 Å². The van der Waals surface area contributed by atoms with Crippen LogP contribution in [0.3, 0.4) is 0 Å². The fourth-order valence-corrected chi connectivity index (χ4v) is 7.67. The zero-order valence-corrected chi connectivity index (χ0v) is 39.4. The molecule has 2 atom stereocenters. The molecular weight excluding hydrogens is 805 g/mol. The first-order chi connectivity index (χ1) is 28.8. The van der Waals surface area contributed by atoms with E-state index in [1.165, 1.54) is 41.4 Å². The topological polar surface area (TPSA) is 155 Å². The third-order valence-corrected chi connectivity index (χ3v) is 10.3. The second kappa shape index (κ2) is 22.2. The maximum Gasteiger partial charge on any atom is 0.264 e. The van der Waals surface area contributed by atoms with Crippen molar-refractivity contribution in [3.63, 3.8) is 0 Å². The van der Waals surface area contributed by atoms with Gasteiger partial charge in [-0.25, -0.2) is 0 Å². The van der Waals surface area contributed by atoms with Crippen molar-refractivity contribution in [2.24, 2.45) is 5.92 Å². The van der Waals surface area contributed by atoms with Crippen molar-refractivity contribution in [1.82, 2.24) is 10.2 Å². The van der Waals surface area contributed by atoms with Crippen LogP contribution in [0.1, 0.15) is 91.5 Å². The lowest BCUT2D eigenvalue weighted by Gasteiger charge is -2.34. The normalized spacial score (nSPS) is 15.0. The Morgan fingerprint density at radius 2 is 1.19 bits per heavy atom. The highest BCUT2D eigenvalue weighted by molar-refractivity contribution is 7.86. The zero-order valence-electron chi connectivity index (χ0n) is 38.6. The summed E-state index contributed by atoms with van der Waals surface area (Å²) in [5.41, 5.74) is 6.22. The summed E-state index contributed by atoms with van der Waals surface area (Å²) in [6.07, 6.45) is 1.39. The lowest BCUT2D eigenvalue weighted by molar-refractivity contribution is -0.117. The average Bonchev–Trinajstić information content (AvgIpc) is 4.02. The first-order valence-corrected chi connectivity index (χ1v) is 22.8. The first-order valence-electron chi connectivity index (χ1n) is 21.0. The Morgan fingerprint density at radius 1 is 0.758 bits per heavy atom. The lowest BCUT2D eigenvalue weighted by atomic mass is 9.68. The Kier molecular flexibility index (Phi) is 18.5. The molecule has 6 rings (SSSR count). The van der Waals surface area contributed by atoms with E-state index in [9.17, 15) is 23.4 Å². The maximum absolute atomic E-state index is 10.6. The van der Waals surface area contributed by atoms with Crippen LogP contribution < -0.4 is 14.8 Å². The number of rotatable bonds is 12. The Balaban J connectivity index is 0.000000331. The van der Waals surface area contributed by atoms with Crippen molar-refractivity contribution in [1.29, 1.82) is 0 Å². The molecule has 340 valence electrons. The van der Waals surface area contributed by atoms with Crippen LogP contribution in [0.25, 0.3) is 11.1 Å². The molecule has 0 spiro atoms. The monoisotopic (exact) mass is 874 g/mol. The number of hydrogen-bond donors (Lipinski definition) is 4. The third-order valence-electron chi connectivity index (χ3n) is 9.51. The number of nitrogens with zero attached hydrogens (tertiary/aromatic N) is 1. The molecule has 11 nitrogen and oxygen atoms in total. The van der Waals surface area contributed by atoms with Crippen LogP contribution in [0.5, 0.6) is 11.5 Å². The molecule has 0 radical (unpaired) electrons. The van der Waals surface area contributed by atoms with Gasteiger partial charge in [0.25, 0.3) is 10.1 Å². The number of amides is 1. The number of nitrogens with one attached hydrogen (secondary N) is 1. The molecule has 2 unspecified atom stereocenters. The predicted octanol–water partition coefficient (Wildman–Crippen LogP) is 7.74. The number of carbonyl (C=O) groups is 1. The van der Waals surface area contributed by atoms with Crippen LogP contribution in [-0.4, -0.2) is 103 Å². The smallest absolute Gasteiger partial charge is 0.264 e. The zero-order chi connectivity index (χ0) is 46.5. The molecule has 4 aromatic rings. The van der Waals surface area contributed by atoms with Gasteiger partial charge in [0.1, 0.15) is 24.2 Å². The predicted molar refractivity (Wildman–Crippen MR) is 249 cm³/mol. The second-order valence-corrected chi connectivity index (χ2v) is 20.2. The van der Waals surface area contributed by atoms with Crippen molar-refractivity contribution in [3.8, 4) is 22.6 Å². The molecule has 1 fully saturated rings. The van der Waals surface area contributed by atoms with Crippen LogP contribution >= 0.6 is 0 Å². The lowest BCUT2D eigenvalue weighted by Crippen LogP contribution is -2.39. The van der Waals surface area contributed by atoms with Gasteiger partial charge in [0.15, 0.2) is 0 Å². The van der Waals surface area contributed by atoms with E-state index in [4.69, 9.17) is 14.6 Å². The van der Waals surface area contributed by atoms with Gasteiger partial charge in [-0.1, -0.05) is 86.3 Å². The van der Waals surface area contributed by atoms with Gasteiger partial charge >= 0.3 is 0 Å². The standard InChI is InChI=1S/C32H32O5.C7H13NO.C6H13N.C5H12O3S/c1-22(18-33)20-36-26-14-10-23(11-15-26)32(24-12-16-27(17-13-24)37-21-25(35)19-34)30-8-4-2-6-28(30)29-7-3-5-9-31(29)32;1-5-6(9)8-7(2,3)4;1-6(2,3)7-4-5-7;1-5(2,3)8-9(4,6)7/h2-17,22,25,33-35H,18-21H2,1H3;5H,1H2,2-4H3,(H,8,9);4-5H2,1-3H3;1-4H3. The van der Waals surface area contributed by atoms with E-state index in [0.29, 0.717) is 17.9 Å². The summed E-state index contributed by atoms with van der Waals surface area (Å²) < 4.78 is 37.0. The van der Waals surface area contributed by atoms with E-state index in [-0.39, 0.29) is 37.2 Å². The largest absolute Gasteiger partial charge is 0.493 e. The number of aliphatic hydroxyl groups excluding tert-OH is 3. The fraction of sp³-hybridized carbons (Fsp3) is 0.460. The molecule has 62 heavy (non-hydrogen) atoms. The molecule has 0 saturated carbocycles. The minimum atomic E-state index is -3.28. The summed E-state index contributed by atoms with van der Waals surface area (Å²) in [6.45, 7) is 25.7. The number of aliphatic hydroxyl groups is 3. The quantitative estimate of drug-likeness (QED) is 0.0556. The third kappa shape index (κ3) is 16.0. The first kappa shape index (κ1) is 51.8. The van der Waals surface area contributed by atoms with E-state index in [1.807, 2.05) is 52.0 Å². The Hall–Kier alpha value is -4.56. The van der Waals surface area contributed by atoms with Crippen molar-refractivity contribution in [3.05, 3.63) is 132 Å². The molecule has 4 aromatic carbocycles. The minimum Gasteiger partial charge on any atom is -0.493 e. The average molecular weight is 875 g/mol. The maximum atomic E-state index is 10.6. The van der Waals surface area contributed by atoms with E-state index >= 15 is 0 Å². The van der Waals surface area contributed by atoms with Crippen molar-refractivity contribution in [2.45, 2.75) is 97.4 Å². The van der Waals surface area contributed by atoms with Crippen molar-refractivity contribution < 1.29 is 42.2 Å². The molecule has 1 saturated heterocycles. The molecular formula is C50H70N2O9S. The van der Waals surface area contributed by atoms with Crippen LogP contribution in [0.15, 0.2) is 110 Å². The minimum absolute atomic E-state index is 0.0308. The number of fused-ring (bicyclic) bond motifs is 3. The summed E-state index contributed by atoms with van der Waals surface area (Å²) in [6, 6.07) is 33.3. The van der Waals surface area contributed by atoms with Crippen LogP contribution in [0, 0.1) is 5.92 Å². The molecule has 1 heterocycles. The molecule has 1 amide bonds. The van der Waals surface area contributed by atoms with Crippen LogP contribution in [-0.2, 0) is 24.5 Å². The summed E-state index contributed by atoms with van der Waals surface area (Å²) in [5, 5.41) is 30.8. The van der Waals surface area contributed by atoms with Gasteiger partial charge in [0, 0.05) is 36.7 Å².